The molecule has 0 saturated carbocycles. The molecule has 1 amide bonds. The van der Waals surface area contributed by atoms with E-state index in [9.17, 15) is 64.8 Å². The summed E-state index contributed by atoms with van der Waals surface area (Å²) in [6.07, 6.45) is -25.5. The third-order valence-electron chi connectivity index (χ3n) is 8.39. The Morgan fingerprint density at radius 3 is 2.00 bits per heavy atom. The summed E-state index contributed by atoms with van der Waals surface area (Å²) >= 11 is 0. The molecule has 0 aliphatic carbocycles. The van der Waals surface area contributed by atoms with Crippen LogP contribution in [0.1, 0.15) is 34.1 Å². The third kappa shape index (κ3) is 10.1. The minimum Gasteiger partial charge on any atom is -0.477 e. The van der Waals surface area contributed by atoms with Crippen LogP contribution in [-0.2, 0) is 61.9 Å². The lowest BCUT2D eigenvalue weighted by atomic mass is 9.88. The molecule has 11 N–H and O–H groups in total. The van der Waals surface area contributed by atoms with Crippen molar-refractivity contribution >= 4 is 29.8 Å². The molecule has 0 spiro atoms. The van der Waals surface area contributed by atoms with Gasteiger partial charge in [0.25, 0.3) is 5.79 Å². The minimum atomic E-state index is -3.08. The molecule has 1 unspecified atom stereocenters. The molecule has 0 bridgehead atoms. The first kappa shape index (κ1) is 43.2. The zero-order valence-electron chi connectivity index (χ0n) is 28.5. The number of amides is 1. The molecule has 3 heterocycles. The number of nitrogens with two attached hydrogens (primary N) is 1. The third-order valence-corrected chi connectivity index (χ3v) is 8.39. The second-order valence-corrected chi connectivity index (χ2v) is 12.4. The van der Waals surface area contributed by atoms with Crippen LogP contribution in [0.3, 0.4) is 0 Å². The smallest absolute Gasteiger partial charge is 0.364 e. The first-order chi connectivity index (χ1) is 24.3. The summed E-state index contributed by atoms with van der Waals surface area (Å²) in [4.78, 5) is 60.5. The Morgan fingerprint density at radius 1 is 0.885 bits per heavy atom. The molecule has 0 radical (unpaired) electrons. The van der Waals surface area contributed by atoms with Crippen molar-refractivity contribution in [2.75, 3.05) is 19.8 Å². The molecule has 3 rings (SSSR count). The standard InChI is InChI=1S/C29H46N2O21/c1-9(34)31-18-24(19(39)15(6-32)48-26(18)42)50-27-21(41)25(20(40)16(7-33)49-27)52-29(28(43)44)5-14(46-11(3)36)17(30)23(51-29)22(47-12(4)37)13(38)8-45-10(2)35/h13-27,32-33,38-42H,5-8,30H2,1-4H3,(H,31,34)(H,43,44)/t13-,14+,15-,16-,17-,18-,19+,20+,21-,22-,23-,24-,25+,26?,27+,29+/m1/s1. The normalized spacial score (nSPS) is 39.0. The molecule has 3 aliphatic heterocycles. The van der Waals surface area contributed by atoms with Crippen LogP contribution < -0.4 is 11.1 Å². The summed E-state index contributed by atoms with van der Waals surface area (Å²) in [7, 11) is 0. The van der Waals surface area contributed by atoms with Crippen molar-refractivity contribution in [3.05, 3.63) is 0 Å². The monoisotopic (exact) mass is 758 g/mol. The van der Waals surface area contributed by atoms with Crippen LogP contribution in [0.15, 0.2) is 0 Å². The molecule has 3 fully saturated rings. The number of carboxylic acid groups (broad SMARTS) is 1. The average molecular weight is 759 g/mol. The topological polar surface area (TPSA) is 359 Å². The molecule has 52 heavy (non-hydrogen) atoms. The number of carboxylic acids is 1. The lowest BCUT2D eigenvalue weighted by molar-refractivity contribution is -0.380. The van der Waals surface area contributed by atoms with Crippen LogP contribution in [0.5, 0.6) is 0 Å². The van der Waals surface area contributed by atoms with E-state index >= 15 is 0 Å². The summed E-state index contributed by atoms with van der Waals surface area (Å²) in [5.74, 6) is -8.67. The fourth-order valence-corrected chi connectivity index (χ4v) is 6.01. The Bertz CT molecular complexity index is 1270. The zero-order valence-corrected chi connectivity index (χ0v) is 28.5. The number of carbonyl (C=O) groups is 5. The zero-order chi connectivity index (χ0) is 39.2. The highest BCUT2D eigenvalue weighted by Gasteiger charge is 2.61. The maximum absolute atomic E-state index is 13.0. The van der Waals surface area contributed by atoms with E-state index in [-0.39, 0.29) is 0 Å². The molecule has 23 nitrogen and oxygen atoms in total. The molecule has 16 atom stereocenters. The fourth-order valence-electron chi connectivity index (χ4n) is 6.01. The number of aliphatic hydroxyl groups is 7. The van der Waals surface area contributed by atoms with Gasteiger partial charge in [-0.25, -0.2) is 4.79 Å². The van der Waals surface area contributed by atoms with Crippen molar-refractivity contribution in [2.45, 2.75) is 132 Å². The van der Waals surface area contributed by atoms with Gasteiger partial charge in [-0.15, -0.1) is 0 Å². The van der Waals surface area contributed by atoms with Gasteiger partial charge in [-0.1, -0.05) is 0 Å². The lowest BCUT2D eigenvalue weighted by Gasteiger charge is -2.50. The average Bonchev–Trinajstić information content (AvgIpc) is 3.05. The predicted octanol–water partition coefficient (Wildman–Crippen LogP) is -6.54. The minimum absolute atomic E-state index is 0.733. The SMILES string of the molecule is CC(=O)N[C@H]1C(O)O[C@H](CO)[C@H](O)[C@@H]1O[C@@H]1O[C@H](CO)[C@H](O)[C@H](O[C@]2(C(=O)O)C[C@H](OC(C)=O)[C@@H](N)[C@H]([C@H](OC(C)=O)[C@H](O)COC(C)=O)O2)[C@H]1O. The van der Waals surface area contributed by atoms with Gasteiger partial charge in [-0.2, -0.15) is 0 Å². The first-order valence-electron chi connectivity index (χ1n) is 15.9. The highest BCUT2D eigenvalue weighted by Crippen LogP contribution is 2.39. The number of nitrogens with one attached hydrogen (secondary N) is 1. The van der Waals surface area contributed by atoms with Crippen LogP contribution in [0.2, 0.25) is 0 Å². The lowest BCUT2D eigenvalue weighted by Crippen LogP contribution is -2.71. The van der Waals surface area contributed by atoms with Crippen LogP contribution in [0.25, 0.3) is 0 Å². The van der Waals surface area contributed by atoms with Gasteiger partial charge in [0.1, 0.15) is 73.7 Å². The maximum atomic E-state index is 13.0. The van der Waals surface area contributed by atoms with Gasteiger partial charge in [0, 0.05) is 27.7 Å². The van der Waals surface area contributed by atoms with Gasteiger partial charge < -0.3 is 89.8 Å². The predicted molar refractivity (Wildman–Crippen MR) is 161 cm³/mol. The van der Waals surface area contributed by atoms with Crippen LogP contribution in [0, 0.1) is 0 Å². The second-order valence-electron chi connectivity index (χ2n) is 12.4. The molecule has 3 aliphatic rings. The number of hydrogen-bond donors (Lipinski definition) is 10. The fraction of sp³-hybridized carbons (Fsp3) is 0.828. The van der Waals surface area contributed by atoms with Gasteiger partial charge in [-0.3, -0.25) is 19.2 Å². The Hall–Kier alpha value is -3.17. The van der Waals surface area contributed by atoms with Gasteiger partial charge in [0.2, 0.25) is 5.91 Å². The number of esters is 3. The Kier molecular flexibility index (Phi) is 15.2. The van der Waals surface area contributed by atoms with Gasteiger partial charge in [0.05, 0.1) is 25.7 Å². The van der Waals surface area contributed by atoms with E-state index < -0.39 is 154 Å². The summed E-state index contributed by atoms with van der Waals surface area (Å²) in [5.41, 5.74) is 6.28. The Labute approximate surface area is 295 Å². The number of rotatable bonds is 14. The molecular weight excluding hydrogens is 712 g/mol. The molecule has 0 aromatic carbocycles. The first-order valence-corrected chi connectivity index (χ1v) is 15.9. The second kappa shape index (κ2) is 18.2. The largest absolute Gasteiger partial charge is 0.477 e. The summed E-state index contributed by atoms with van der Waals surface area (Å²) in [5, 5.41) is 87.3. The van der Waals surface area contributed by atoms with Gasteiger partial charge in [0.15, 0.2) is 18.7 Å². The number of ether oxygens (including phenoxy) is 8. The Balaban J connectivity index is 2.06. The van der Waals surface area contributed by atoms with Gasteiger partial charge >= 0.3 is 23.9 Å². The number of carbonyl (C=O) groups excluding carboxylic acids is 4. The van der Waals surface area contributed by atoms with Crippen molar-refractivity contribution < 1.29 is 103 Å². The molecule has 0 aromatic rings. The van der Waals surface area contributed by atoms with Gasteiger partial charge in [-0.05, 0) is 0 Å². The quantitative estimate of drug-likeness (QED) is 0.0581. The van der Waals surface area contributed by atoms with Crippen LogP contribution in [0.4, 0.5) is 0 Å². The highest BCUT2D eigenvalue weighted by atomic mass is 16.8. The molecule has 3 saturated heterocycles. The van der Waals surface area contributed by atoms with Crippen molar-refractivity contribution in [2.24, 2.45) is 5.73 Å². The molecular formula is C29H46N2O21. The van der Waals surface area contributed by atoms with Crippen LogP contribution >= 0.6 is 0 Å². The number of aliphatic hydroxyl groups excluding tert-OH is 7. The highest BCUT2D eigenvalue weighted by molar-refractivity contribution is 5.76. The van der Waals surface area contributed by atoms with Crippen molar-refractivity contribution in [3.63, 3.8) is 0 Å². The summed E-state index contributed by atoms with van der Waals surface area (Å²) in [6.45, 7) is 1.27. The summed E-state index contributed by atoms with van der Waals surface area (Å²) in [6, 6.07) is -3.12. The van der Waals surface area contributed by atoms with E-state index in [4.69, 9.17) is 43.6 Å². The molecule has 23 heteroatoms. The number of aliphatic carboxylic acids is 1. The van der Waals surface area contributed by atoms with E-state index in [1.54, 1.807) is 0 Å². The van der Waals surface area contributed by atoms with E-state index in [0.29, 0.717) is 0 Å². The number of hydrogen-bond acceptors (Lipinski definition) is 21. The summed E-state index contributed by atoms with van der Waals surface area (Å²) < 4.78 is 43.1. The van der Waals surface area contributed by atoms with Crippen molar-refractivity contribution in [3.8, 4) is 0 Å². The van der Waals surface area contributed by atoms with Crippen LogP contribution in [-0.4, -0.2) is 188 Å². The molecule has 298 valence electrons. The Morgan fingerprint density at radius 2 is 1.48 bits per heavy atom. The van der Waals surface area contributed by atoms with E-state index in [1.165, 1.54) is 0 Å². The molecule has 0 aromatic heterocycles. The van der Waals surface area contributed by atoms with Crippen molar-refractivity contribution in [1.82, 2.24) is 5.32 Å². The van der Waals surface area contributed by atoms with E-state index in [0.717, 1.165) is 27.7 Å². The van der Waals surface area contributed by atoms with E-state index in [2.05, 4.69) is 5.32 Å². The maximum Gasteiger partial charge on any atom is 0.364 e. The van der Waals surface area contributed by atoms with Crippen molar-refractivity contribution in [1.29, 1.82) is 0 Å². The van der Waals surface area contributed by atoms with E-state index in [1.807, 2.05) is 0 Å².